The highest BCUT2D eigenvalue weighted by atomic mass is 32.2. The molecule has 0 spiro atoms. The summed E-state index contributed by atoms with van der Waals surface area (Å²) in [4.78, 5) is 28.2. The molecule has 0 aliphatic rings. The second kappa shape index (κ2) is 9.87. The van der Waals surface area contributed by atoms with Crippen LogP contribution in [-0.4, -0.2) is 63.0 Å². The van der Waals surface area contributed by atoms with E-state index in [2.05, 4.69) is 0 Å². The molecule has 6 nitrogen and oxygen atoms in total. The molecule has 0 aliphatic carbocycles. The molecule has 0 bridgehead atoms. The van der Waals surface area contributed by atoms with Gasteiger partial charge in [-0.05, 0) is 48.5 Å². The maximum absolute atomic E-state index is 11.5. The summed E-state index contributed by atoms with van der Waals surface area (Å²) in [6.07, 6.45) is 0. The van der Waals surface area contributed by atoms with Crippen LogP contribution in [0.4, 0.5) is 0 Å². The highest BCUT2D eigenvalue weighted by Gasteiger charge is 2.06. The smallest absolute Gasteiger partial charge is 0.259 e. The first-order valence-corrected chi connectivity index (χ1v) is 9.20. The number of carbonyl (C=O) groups excluding carboxylic acids is 2. The number of ether oxygens (including phenoxy) is 2. The zero-order valence-electron chi connectivity index (χ0n) is 16.0. The minimum Gasteiger partial charge on any atom is -0.484 e. The van der Waals surface area contributed by atoms with Gasteiger partial charge in [0.05, 0.1) is 0 Å². The number of hydrogen-bond acceptors (Lipinski definition) is 5. The van der Waals surface area contributed by atoms with Crippen molar-refractivity contribution >= 4 is 23.6 Å². The third-order valence-corrected chi connectivity index (χ3v) is 4.62. The standard InChI is InChI=1S/C20H24N2O4S/c1-21(2)19(23)13-25-15-5-9-17(10-6-15)27-18-11-7-16(8-12-18)26-14-20(24)22(3)4/h5-12H,13-14H2,1-4H3. The molecule has 0 aromatic heterocycles. The Morgan fingerprint density at radius 1 is 0.704 bits per heavy atom. The van der Waals surface area contributed by atoms with Gasteiger partial charge in [0.2, 0.25) is 0 Å². The maximum atomic E-state index is 11.5. The molecule has 0 atom stereocenters. The van der Waals surface area contributed by atoms with E-state index < -0.39 is 0 Å². The largest absolute Gasteiger partial charge is 0.484 e. The van der Waals surface area contributed by atoms with Gasteiger partial charge in [0.15, 0.2) is 13.2 Å². The zero-order valence-corrected chi connectivity index (χ0v) is 16.8. The van der Waals surface area contributed by atoms with Gasteiger partial charge in [0.1, 0.15) is 11.5 Å². The fourth-order valence-electron chi connectivity index (χ4n) is 1.89. The molecule has 0 saturated carbocycles. The Balaban J connectivity index is 1.86. The fraction of sp³-hybridized carbons (Fsp3) is 0.300. The van der Waals surface area contributed by atoms with E-state index >= 15 is 0 Å². The third-order valence-electron chi connectivity index (χ3n) is 3.61. The second-order valence-corrected chi connectivity index (χ2v) is 7.35. The van der Waals surface area contributed by atoms with Crippen LogP contribution >= 0.6 is 11.8 Å². The summed E-state index contributed by atoms with van der Waals surface area (Å²) in [7, 11) is 6.79. The molecule has 0 N–H and O–H groups in total. The molecule has 2 rings (SSSR count). The first kappa shape index (κ1) is 20.6. The lowest BCUT2D eigenvalue weighted by atomic mass is 10.3. The number of carbonyl (C=O) groups is 2. The molecular formula is C20H24N2O4S. The third kappa shape index (κ3) is 6.86. The van der Waals surface area contributed by atoms with Crippen LogP contribution in [0.15, 0.2) is 58.3 Å². The van der Waals surface area contributed by atoms with Crippen molar-refractivity contribution in [2.75, 3.05) is 41.4 Å². The summed E-state index contributed by atoms with van der Waals surface area (Å²) >= 11 is 1.60. The van der Waals surface area contributed by atoms with Crippen LogP contribution in [-0.2, 0) is 9.59 Å². The molecule has 2 aromatic rings. The predicted octanol–water partition coefficient (Wildman–Crippen LogP) is 2.77. The number of benzene rings is 2. The summed E-state index contributed by atoms with van der Waals surface area (Å²) in [5, 5.41) is 0. The van der Waals surface area contributed by atoms with Crippen molar-refractivity contribution in [2.24, 2.45) is 0 Å². The molecular weight excluding hydrogens is 364 g/mol. The normalized spacial score (nSPS) is 10.2. The number of nitrogens with zero attached hydrogens (tertiary/aromatic N) is 2. The minimum absolute atomic E-state index is 0.0251. The van der Waals surface area contributed by atoms with Gasteiger partial charge in [0, 0.05) is 38.0 Å². The van der Waals surface area contributed by atoms with Crippen molar-refractivity contribution in [1.82, 2.24) is 9.80 Å². The van der Waals surface area contributed by atoms with Crippen LogP contribution in [0.5, 0.6) is 11.5 Å². The first-order valence-electron chi connectivity index (χ1n) is 8.39. The molecule has 144 valence electrons. The predicted molar refractivity (Wildman–Crippen MR) is 105 cm³/mol. The second-order valence-electron chi connectivity index (χ2n) is 6.20. The molecule has 27 heavy (non-hydrogen) atoms. The van der Waals surface area contributed by atoms with E-state index in [0.29, 0.717) is 11.5 Å². The summed E-state index contributed by atoms with van der Waals surface area (Å²) in [6, 6.07) is 15.2. The lowest BCUT2D eigenvalue weighted by molar-refractivity contribution is -0.131. The van der Waals surface area contributed by atoms with Crippen LogP contribution in [0.25, 0.3) is 0 Å². The van der Waals surface area contributed by atoms with Gasteiger partial charge < -0.3 is 19.3 Å². The lowest BCUT2D eigenvalue weighted by Gasteiger charge is -2.12. The lowest BCUT2D eigenvalue weighted by Crippen LogP contribution is -2.27. The average molecular weight is 388 g/mol. The van der Waals surface area contributed by atoms with E-state index in [1.807, 2.05) is 48.5 Å². The molecule has 2 amide bonds. The van der Waals surface area contributed by atoms with E-state index in [-0.39, 0.29) is 25.0 Å². The number of hydrogen-bond donors (Lipinski definition) is 0. The summed E-state index contributed by atoms with van der Waals surface area (Å²) in [5.74, 6) is 1.15. The van der Waals surface area contributed by atoms with E-state index in [4.69, 9.17) is 9.47 Å². The van der Waals surface area contributed by atoms with Crippen LogP contribution < -0.4 is 9.47 Å². The van der Waals surface area contributed by atoms with E-state index in [1.54, 1.807) is 40.0 Å². The van der Waals surface area contributed by atoms with Gasteiger partial charge in [-0.25, -0.2) is 0 Å². The Morgan fingerprint density at radius 2 is 1.04 bits per heavy atom. The fourth-order valence-corrected chi connectivity index (χ4v) is 2.71. The van der Waals surface area contributed by atoms with Crippen molar-refractivity contribution in [3.63, 3.8) is 0 Å². The minimum atomic E-state index is -0.0805. The Morgan fingerprint density at radius 3 is 1.33 bits per heavy atom. The first-order chi connectivity index (χ1) is 12.8. The van der Waals surface area contributed by atoms with Crippen molar-refractivity contribution in [3.8, 4) is 11.5 Å². The van der Waals surface area contributed by atoms with Gasteiger partial charge in [-0.1, -0.05) is 11.8 Å². The van der Waals surface area contributed by atoms with Gasteiger partial charge in [-0.2, -0.15) is 0 Å². The summed E-state index contributed by atoms with van der Waals surface area (Å²) in [5.41, 5.74) is 0. The number of amides is 2. The highest BCUT2D eigenvalue weighted by molar-refractivity contribution is 7.99. The van der Waals surface area contributed by atoms with Crippen LogP contribution in [0, 0.1) is 0 Å². The van der Waals surface area contributed by atoms with Crippen LogP contribution in [0.3, 0.4) is 0 Å². The molecule has 0 aliphatic heterocycles. The van der Waals surface area contributed by atoms with E-state index in [1.165, 1.54) is 9.80 Å². The summed E-state index contributed by atoms with van der Waals surface area (Å²) < 4.78 is 10.9. The topological polar surface area (TPSA) is 59.1 Å². The highest BCUT2D eigenvalue weighted by Crippen LogP contribution is 2.30. The van der Waals surface area contributed by atoms with Crippen molar-refractivity contribution < 1.29 is 19.1 Å². The van der Waals surface area contributed by atoms with Crippen LogP contribution in [0.2, 0.25) is 0 Å². The summed E-state index contributed by atoms with van der Waals surface area (Å²) in [6.45, 7) is 0.0502. The Kier molecular flexibility index (Phi) is 7.55. The molecule has 0 saturated heterocycles. The number of rotatable bonds is 8. The van der Waals surface area contributed by atoms with Crippen molar-refractivity contribution in [3.05, 3.63) is 48.5 Å². The molecule has 0 fully saturated rings. The van der Waals surface area contributed by atoms with E-state index in [0.717, 1.165) is 9.79 Å². The Bertz CT molecular complexity index is 693. The van der Waals surface area contributed by atoms with Gasteiger partial charge in [-0.3, -0.25) is 9.59 Å². The number of likely N-dealkylation sites (N-methyl/N-ethyl adjacent to an activating group) is 2. The molecule has 0 heterocycles. The molecule has 0 unspecified atom stereocenters. The monoisotopic (exact) mass is 388 g/mol. The molecule has 7 heteroatoms. The Labute approximate surface area is 164 Å². The van der Waals surface area contributed by atoms with Crippen LogP contribution in [0.1, 0.15) is 0 Å². The SMILES string of the molecule is CN(C)C(=O)COc1ccc(Sc2ccc(OCC(=O)N(C)C)cc2)cc1. The van der Waals surface area contributed by atoms with Crippen molar-refractivity contribution in [1.29, 1.82) is 0 Å². The Hall–Kier alpha value is -2.67. The quantitative estimate of drug-likeness (QED) is 0.696. The van der Waals surface area contributed by atoms with Gasteiger partial charge in [0.25, 0.3) is 11.8 Å². The molecule has 0 radical (unpaired) electrons. The molecule has 2 aromatic carbocycles. The zero-order chi connectivity index (χ0) is 19.8. The van der Waals surface area contributed by atoms with Gasteiger partial charge in [-0.15, -0.1) is 0 Å². The van der Waals surface area contributed by atoms with Gasteiger partial charge >= 0.3 is 0 Å². The maximum Gasteiger partial charge on any atom is 0.259 e. The average Bonchev–Trinajstić information content (AvgIpc) is 2.66. The van der Waals surface area contributed by atoms with Crippen molar-refractivity contribution in [2.45, 2.75) is 9.79 Å². The van der Waals surface area contributed by atoms with E-state index in [9.17, 15) is 9.59 Å².